The molecule has 5 nitrogen and oxygen atoms in total. The smallest absolute Gasteiger partial charge is 0.259 e. The number of hydrogen-bond acceptors (Lipinski definition) is 4. The summed E-state index contributed by atoms with van der Waals surface area (Å²) in [6.45, 7) is 0. The summed E-state index contributed by atoms with van der Waals surface area (Å²) in [5.74, 6) is -0.969. The van der Waals surface area contributed by atoms with E-state index in [2.05, 4.69) is 0 Å². The van der Waals surface area contributed by atoms with Gasteiger partial charge in [-0.05, 0) is 23.8 Å². The zero-order valence-electron chi connectivity index (χ0n) is 8.79. The van der Waals surface area contributed by atoms with Crippen molar-refractivity contribution >= 4 is 12.0 Å². The Morgan fingerprint density at radius 1 is 1.29 bits per heavy atom. The van der Waals surface area contributed by atoms with Gasteiger partial charge in [0.1, 0.15) is 23.1 Å². The Morgan fingerprint density at radius 2 is 1.88 bits per heavy atom. The molecule has 0 bridgehead atoms. The third-order valence-corrected chi connectivity index (χ3v) is 1.86. The normalized spacial score (nSPS) is 11.4. The van der Waals surface area contributed by atoms with Crippen LogP contribution < -0.4 is 5.73 Å². The van der Waals surface area contributed by atoms with Crippen LogP contribution in [0.1, 0.15) is 5.56 Å². The number of primary amides is 1. The van der Waals surface area contributed by atoms with Crippen molar-refractivity contribution in [1.29, 1.82) is 5.26 Å². The molecule has 4 N–H and O–H groups in total. The average Bonchev–Trinajstić information content (AvgIpc) is 2.22. The largest absolute Gasteiger partial charge is 0.508 e. The number of nitrogens with zero attached hydrogens (tertiary/aromatic N) is 1. The number of amides is 1. The number of phenols is 2. The number of nitriles is 1. The molecule has 0 aromatic heterocycles. The first kappa shape index (κ1) is 12.3. The minimum Gasteiger partial charge on any atom is -0.508 e. The molecule has 1 aromatic carbocycles. The van der Waals surface area contributed by atoms with Crippen LogP contribution in [0.25, 0.3) is 6.08 Å². The highest BCUT2D eigenvalue weighted by molar-refractivity contribution is 5.96. The first-order valence-electron chi connectivity index (χ1n) is 4.64. The maximum Gasteiger partial charge on any atom is 0.259 e. The summed E-state index contributed by atoms with van der Waals surface area (Å²) in [5, 5.41) is 27.0. The molecular weight excluding hydrogens is 220 g/mol. The van der Waals surface area contributed by atoms with Crippen molar-refractivity contribution in [1.82, 2.24) is 0 Å². The van der Waals surface area contributed by atoms with Gasteiger partial charge in [0.15, 0.2) is 0 Å². The number of hydrogen-bond donors (Lipinski definition) is 3. The van der Waals surface area contributed by atoms with Gasteiger partial charge in [0.25, 0.3) is 5.91 Å². The molecule has 0 heterocycles. The molecule has 0 aliphatic carbocycles. The number of nitrogens with two attached hydrogens (primary N) is 1. The minimum atomic E-state index is -0.809. The Labute approximate surface area is 97.7 Å². The van der Waals surface area contributed by atoms with Gasteiger partial charge in [-0.3, -0.25) is 4.79 Å². The quantitative estimate of drug-likeness (QED) is 0.409. The lowest BCUT2D eigenvalue weighted by atomic mass is 10.1. The van der Waals surface area contributed by atoms with Crippen LogP contribution in [0.5, 0.6) is 11.5 Å². The standard InChI is InChI=1S/C12H10N2O3/c13-7-9(12(14)17)3-1-2-8-4-10(15)6-11(16)5-8/h1-6,15-16H,(H2,14,17)/b2-1+,9-3+. The number of carbonyl (C=O) groups is 1. The Hall–Kier alpha value is -2.74. The summed E-state index contributed by atoms with van der Waals surface area (Å²) in [7, 11) is 0. The lowest BCUT2D eigenvalue weighted by molar-refractivity contribution is -0.114. The third-order valence-electron chi connectivity index (χ3n) is 1.86. The Bertz CT molecular complexity index is 519. The highest BCUT2D eigenvalue weighted by Crippen LogP contribution is 2.21. The molecule has 0 saturated carbocycles. The summed E-state index contributed by atoms with van der Waals surface area (Å²) >= 11 is 0. The van der Waals surface area contributed by atoms with E-state index in [0.29, 0.717) is 5.56 Å². The Morgan fingerprint density at radius 3 is 2.35 bits per heavy atom. The molecule has 0 atom stereocenters. The van der Waals surface area contributed by atoms with E-state index in [1.807, 2.05) is 0 Å². The topological polar surface area (TPSA) is 107 Å². The first-order valence-corrected chi connectivity index (χ1v) is 4.64. The van der Waals surface area contributed by atoms with Gasteiger partial charge in [0.05, 0.1) is 0 Å². The second-order valence-corrected chi connectivity index (χ2v) is 3.20. The highest BCUT2D eigenvalue weighted by Gasteiger charge is 2.00. The highest BCUT2D eigenvalue weighted by atomic mass is 16.3. The van der Waals surface area contributed by atoms with Crippen molar-refractivity contribution in [3.8, 4) is 17.6 Å². The summed E-state index contributed by atoms with van der Waals surface area (Å²) in [6, 6.07) is 5.67. The van der Waals surface area contributed by atoms with Gasteiger partial charge in [0, 0.05) is 6.07 Å². The lowest BCUT2D eigenvalue weighted by Gasteiger charge is -1.97. The predicted octanol–water partition coefficient (Wildman–Crippen LogP) is 1.05. The molecule has 1 rings (SSSR count). The van der Waals surface area contributed by atoms with E-state index in [9.17, 15) is 15.0 Å². The van der Waals surface area contributed by atoms with Crippen molar-refractivity contribution in [2.24, 2.45) is 5.73 Å². The van der Waals surface area contributed by atoms with Crippen LogP contribution in [0.15, 0.2) is 35.9 Å². The van der Waals surface area contributed by atoms with Crippen LogP contribution in [0.2, 0.25) is 0 Å². The van der Waals surface area contributed by atoms with Gasteiger partial charge >= 0.3 is 0 Å². The third kappa shape index (κ3) is 3.72. The maximum absolute atomic E-state index is 10.7. The van der Waals surface area contributed by atoms with Gasteiger partial charge < -0.3 is 15.9 Å². The zero-order valence-corrected chi connectivity index (χ0v) is 8.79. The molecule has 1 aromatic rings. The van der Waals surface area contributed by atoms with Crippen molar-refractivity contribution in [3.05, 3.63) is 41.5 Å². The van der Waals surface area contributed by atoms with Crippen LogP contribution in [-0.2, 0) is 4.79 Å². The zero-order chi connectivity index (χ0) is 12.8. The van der Waals surface area contributed by atoms with E-state index < -0.39 is 5.91 Å². The van der Waals surface area contributed by atoms with Gasteiger partial charge in [0.2, 0.25) is 0 Å². The van der Waals surface area contributed by atoms with E-state index >= 15 is 0 Å². The SMILES string of the molecule is N#C/C(=C\C=C\c1cc(O)cc(O)c1)C(N)=O. The van der Waals surface area contributed by atoms with Crippen LogP contribution in [0.4, 0.5) is 0 Å². The Balaban J connectivity index is 2.92. The molecule has 0 fully saturated rings. The lowest BCUT2D eigenvalue weighted by Crippen LogP contribution is -2.12. The van der Waals surface area contributed by atoms with E-state index in [4.69, 9.17) is 11.0 Å². The van der Waals surface area contributed by atoms with Crippen LogP contribution >= 0.6 is 0 Å². The molecule has 0 radical (unpaired) electrons. The molecule has 1 amide bonds. The number of carbonyl (C=O) groups excluding carboxylic acids is 1. The van der Waals surface area contributed by atoms with E-state index in [1.54, 1.807) is 6.07 Å². The van der Waals surface area contributed by atoms with Gasteiger partial charge in [-0.2, -0.15) is 5.26 Å². The fourth-order valence-electron chi connectivity index (χ4n) is 1.14. The molecular formula is C12H10N2O3. The second-order valence-electron chi connectivity index (χ2n) is 3.20. The molecule has 0 unspecified atom stereocenters. The molecule has 5 heteroatoms. The molecule has 17 heavy (non-hydrogen) atoms. The predicted molar refractivity (Wildman–Crippen MR) is 61.7 cm³/mol. The van der Waals surface area contributed by atoms with Crippen LogP contribution in [0.3, 0.4) is 0 Å². The van der Waals surface area contributed by atoms with Gasteiger partial charge in [-0.1, -0.05) is 12.2 Å². The summed E-state index contributed by atoms with van der Waals surface area (Å²) in [4.78, 5) is 10.7. The number of phenolic OH excluding ortho intramolecular Hbond substituents is 2. The van der Waals surface area contributed by atoms with Crippen LogP contribution in [-0.4, -0.2) is 16.1 Å². The van der Waals surface area contributed by atoms with Gasteiger partial charge in [-0.15, -0.1) is 0 Å². The average molecular weight is 230 g/mol. The van der Waals surface area contributed by atoms with Crippen molar-refractivity contribution < 1.29 is 15.0 Å². The second kappa shape index (κ2) is 5.37. The number of aromatic hydroxyl groups is 2. The fraction of sp³-hybridized carbons (Fsp3) is 0. The number of benzene rings is 1. The van der Waals surface area contributed by atoms with Crippen LogP contribution in [0, 0.1) is 11.3 Å². The van der Waals surface area contributed by atoms with E-state index in [-0.39, 0.29) is 17.1 Å². The van der Waals surface area contributed by atoms with E-state index in [0.717, 1.165) is 0 Å². The summed E-state index contributed by atoms with van der Waals surface area (Å²) < 4.78 is 0. The minimum absolute atomic E-state index is 0.0796. The van der Waals surface area contributed by atoms with Crippen molar-refractivity contribution in [2.45, 2.75) is 0 Å². The first-order chi connectivity index (χ1) is 8.02. The maximum atomic E-state index is 10.7. The van der Waals surface area contributed by atoms with E-state index in [1.165, 1.54) is 36.4 Å². The number of rotatable bonds is 3. The monoisotopic (exact) mass is 230 g/mol. The molecule has 0 aliphatic heterocycles. The molecule has 0 spiro atoms. The number of allylic oxidation sites excluding steroid dienone is 2. The summed E-state index contributed by atoms with van der Waals surface area (Å²) in [5.41, 5.74) is 5.28. The molecule has 86 valence electrons. The van der Waals surface area contributed by atoms with Gasteiger partial charge in [-0.25, -0.2) is 0 Å². The molecule has 0 saturated heterocycles. The Kier molecular flexibility index (Phi) is 3.90. The summed E-state index contributed by atoms with van der Waals surface area (Å²) in [6.07, 6.45) is 4.20. The van der Waals surface area contributed by atoms with Crippen molar-refractivity contribution in [3.63, 3.8) is 0 Å². The fourth-order valence-corrected chi connectivity index (χ4v) is 1.14. The van der Waals surface area contributed by atoms with Crippen molar-refractivity contribution in [2.75, 3.05) is 0 Å². The molecule has 0 aliphatic rings.